The Kier molecular flexibility index (Phi) is 9.15. The zero-order valence-corrected chi connectivity index (χ0v) is 18.3. The van der Waals surface area contributed by atoms with Crippen LogP contribution in [0.1, 0.15) is 59.3 Å². The number of nitrogens with zero attached hydrogens (tertiary/aromatic N) is 1. The molecule has 0 amide bonds. The Morgan fingerprint density at radius 1 is 1.16 bits per heavy atom. The minimum atomic E-state index is -4.72. The highest BCUT2D eigenvalue weighted by Crippen LogP contribution is 2.25. The van der Waals surface area contributed by atoms with Crippen molar-refractivity contribution in [3.63, 3.8) is 0 Å². The van der Waals surface area contributed by atoms with Crippen LogP contribution in [0.15, 0.2) is 52.3 Å². The number of amidine groups is 1. The number of benzene rings is 1. The van der Waals surface area contributed by atoms with Gasteiger partial charge in [-0.1, -0.05) is 31.8 Å². The lowest BCUT2D eigenvalue weighted by molar-refractivity contribution is -0.274. The van der Waals surface area contributed by atoms with E-state index in [1.807, 2.05) is 20.0 Å². The third-order valence-electron chi connectivity index (χ3n) is 5.14. The molecule has 31 heavy (non-hydrogen) atoms. The Labute approximate surface area is 182 Å². The lowest BCUT2D eigenvalue weighted by Crippen LogP contribution is -2.38. The Hall–Kier alpha value is -2.77. The third-order valence-corrected chi connectivity index (χ3v) is 5.14. The number of aliphatic imine (C=N–C) groups is 1. The van der Waals surface area contributed by atoms with Gasteiger partial charge >= 0.3 is 6.36 Å². The minimum Gasteiger partial charge on any atom is -0.406 e. The van der Waals surface area contributed by atoms with Crippen LogP contribution >= 0.6 is 0 Å². The van der Waals surface area contributed by atoms with Crippen LogP contribution < -0.4 is 15.4 Å². The molecule has 0 saturated heterocycles. The highest BCUT2D eigenvalue weighted by atomic mass is 19.4. The molecular weight excluding hydrogens is 405 g/mol. The van der Waals surface area contributed by atoms with E-state index in [2.05, 4.69) is 27.3 Å². The molecule has 3 N–H and O–H groups in total. The molecule has 0 atom stereocenters. The number of halogens is 3. The van der Waals surface area contributed by atoms with E-state index < -0.39 is 6.36 Å². The highest BCUT2D eigenvalue weighted by molar-refractivity contribution is 6.15. The maximum Gasteiger partial charge on any atom is 0.573 e. The predicted octanol–water partition coefficient (Wildman–Crippen LogP) is 6.56. The number of hydrogen-bond donors (Lipinski definition) is 3. The van der Waals surface area contributed by atoms with Crippen LogP contribution in [0.2, 0.25) is 0 Å². The molecule has 0 unspecified atom stereocenters. The van der Waals surface area contributed by atoms with Crippen LogP contribution in [0, 0.1) is 5.41 Å². The molecule has 1 saturated carbocycles. The van der Waals surface area contributed by atoms with Crippen molar-refractivity contribution in [2.75, 3.05) is 5.32 Å². The van der Waals surface area contributed by atoms with Crippen molar-refractivity contribution in [3.05, 3.63) is 47.3 Å². The maximum absolute atomic E-state index is 12.3. The summed E-state index contributed by atoms with van der Waals surface area (Å²) in [6.45, 7) is 5.88. The second-order valence-corrected chi connectivity index (χ2v) is 7.67. The van der Waals surface area contributed by atoms with Gasteiger partial charge in [0.1, 0.15) is 11.6 Å². The average molecular weight is 437 g/mol. The van der Waals surface area contributed by atoms with E-state index in [9.17, 15) is 13.2 Å². The van der Waals surface area contributed by atoms with Crippen molar-refractivity contribution < 1.29 is 17.9 Å². The summed E-state index contributed by atoms with van der Waals surface area (Å²) in [6, 6.07) is 5.80. The van der Waals surface area contributed by atoms with Crippen molar-refractivity contribution in [3.8, 4) is 5.75 Å². The van der Waals surface area contributed by atoms with Gasteiger partial charge in [0.2, 0.25) is 0 Å². The number of allylic oxidation sites excluding steroid dienone is 2. The van der Waals surface area contributed by atoms with Crippen molar-refractivity contribution >= 4 is 17.7 Å². The molecule has 5 nitrogen and oxygen atoms in total. The van der Waals surface area contributed by atoms with Gasteiger partial charge in [-0.15, -0.1) is 13.2 Å². The second-order valence-electron chi connectivity index (χ2n) is 7.67. The standard InChI is InChI=1S/C23H31F3N4O/c1-4-16(2)15-28-22(30-18-8-6-5-7-9-18)21(14-27)17(3)29-19-10-12-20(13-11-19)31-23(24,25)26/h10-15,18,27,29H,4-9H2,1-3H3,(H,28,30)/b16-15+,21-17+,27-14?. The summed E-state index contributed by atoms with van der Waals surface area (Å²) >= 11 is 0. The summed E-state index contributed by atoms with van der Waals surface area (Å²) in [5.74, 6) is 0.338. The molecule has 2 rings (SSSR count). The van der Waals surface area contributed by atoms with Gasteiger partial charge in [-0.3, -0.25) is 0 Å². The fourth-order valence-corrected chi connectivity index (χ4v) is 3.27. The molecule has 1 fully saturated rings. The largest absolute Gasteiger partial charge is 0.573 e. The van der Waals surface area contributed by atoms with Gasteiger partial charge < -0.3 is 20.8 Å². The van der Waals surface area contributed by atoms with Crippen LogP contribution in [0.25, 0.3) is 0 Å². The molecule has 170 valence electrons. The second kappa shape index (κ2) is 11.6. The summed E-state index contributed by atoms with van der Waals surface area (Å²) < 4.78 is 40.9. The van der Waals surface area contributed by atoms with Crippen molar-refractivity contribution in [1.82, 2.24) is 5.32 Å². The monoisotopic (exact) mass is 436 g/mol. The molecule has 1 aliphatic rings. The SMILES string of the molecule is CC/C(C)=C/N=C(NC1CCCCC1)\C(C=N)=C(/C)Nc1ccc(OC(F)(F)F)cc1. The summed E-state index contributed by atoms with van der Waals surface area (Å²) in [7, 11) is 0. The molecule has 0 radical (unpaired) electrons. The summed E-state index contributed by atoms with van der Waals surface area (Å²) in [6.07, 6.45) is 4.91. The number of ether oxygens (including phenoxy) is 1. The Bertz CT molecular complexity index is 820. The maximum atomic E-state index is 12.3. The Balaban J connectivity index is 2.25. The molecule has 1 aliphatic carbocycles. The molecule has 1 aromatic rings. The highest BCUT2D eigenvalue weighted by Gasteiger charge is 2.31. The average Bonchev–Trinajstić information content (AvgIpc) is 2.73. The molecule has 0 aromatic heterocycles. The first-order valence-corrected chi connectivity index (χ1v) is 10.6. The van der Waals surface area contributed by atoms with E-state index in [1.54, 1.807) is 0 Å². The predicted molar refractivity (Wildman–Crippen MR) is 120 cm³/mol. The van der Waals surface area contributed by atoms with E-state index in [0.717, 1.165) is 24.8 Å². The normalized spacial score (nSPS) is 17.1. The van der Waals surface area contributed by atoms with E-state index in [1.165, 1.54) is 49.7 Å². The number of anilines is 1. The van der Waals surface area contributed by atoms with Gasteiger partial charge in [0.15, 0.2) is 0 Å². The van der Waals surface area contributed by atoms with Gasteiger partial charge in [-0.2, -0.15) is 0 Å². The minimum absolute atomic E-state index is 0.284. The number of hydrogen-bond acceptors (Lipinski definition) is 4. The first-order chi connectivity index (χ1) is 14.7. The van der Waals surface area contributed by atoms with Gasteiger partial charge in [0, 0.05) is 29.8 Å². The summed E-state index contributed by atoms with van der Waals surface area (Å²) in [5.41, 5.74) is 2.98. The first-order valence-electron chi connectivity index (χ1n) is 10.6. The van der Waals surface area contributed by atoms with Gasteiger partial charge in [0.25, 0.3) is 0 Å². The fourth-order valence-electron chi connectivity index (χ4n) is 3.27. The fraction of sp³-hybridized carbons (Fsp3) is 0.478. The third kappa shape index (κ3) is 8.47. The summed E-state index contributed by atoms with van der Waals surface area (Å²) in [4.78, 5) is 4.63. The van der Waals surface area contributed by atoms with Crippen LogP contribution in [-0.2, 0) is 0 Å². The van der Waals surface area contributed by atoms with Crippen LogP contribution in [-0.4, -0.2) is 24.5 Å². The lowest BCUT2D eigenvalue weighted by Gasteiger charge is -2.25. The van der Waals surface area contributed by atoms with Crippen molar-refractivity contribution in [1.29, 1.82) is 5.41 Å². The summed E-state index contributed by atoms with van der Waals surface area (Å²) in [5, 5.41) is 14.6. The van der Waals surface area contributed by atoms with Gasteiger partial charge in [0.05, 0.1) is 5.57 Å². The van der Waals surface area contributed by atoms with E-state index in [-0.39, 0.29) is 5.75 Å². The molecule has 0 heterocycles. The Morgan fingerprint density at radius 3 is 2.35 bits per heavy atom. The lowest BCUT2D eigenvalue weighted by atomic mass is 9.95. The topological polar surface area (TPSA) is 69.5 Å². The molecule has 0 bridgehead atoms. The molecule has 0 aliphatic heterocycles. The molecule has 0 spiro atoms. The molecular formula is C23H31F3N4O. The van der Waals surface area contributed by atoms with Crippen LogP contribution in [0.4, 0.5) is 18.9 Å². The van der Waals surface area contributed by atoms with Gasteiger partial charge in [-0.05, 0) is 57.4 Å². The van der Waals surface area contributed by atoms with Crippen LogP contribution in [0.5, 0.6) is 5.75 Å². The van der Waals surface area contributed by atoms with Gasteiger partial charge in [-0.25, -0.2) is 4.99 Å². The van der Waals surface area contributed by atoms with E-state index >= 15 is 0 Å². The van der Waals surface area contributed by atoms with E-state index in [0.29, 0.717) is 28.8 Å². The zero-order valence-electron chi connectivity index (χ0n) is 18.3. The quantitative estimate of drug-likeness (QED) is 0.319. The smallest absolute Gasteiger partial charge is 0.406 e. The van der Waals surface area contributed by atoms with Crippen molar-refractivity contribution in [2.24, 2.45) is 4.99 Å². The number of nitrogens with one attached hydrogen (secondary N) is 3. The zero-order chi connectivity index (χ0) is 22.9. The Morgan fingerprint density at radius 2 is 1.81 bits per heavy atom. The van der Waals surface area contributed by atoms with Crippen LogP contribution in [0.3, 0.4) is 0 Å². The number of rotatable bonds is 8. The van der Waals surface area contributed by atoms with E-state index in [4.69, 9.17) is 5.41 Å². The first kappa shape index (κ1) is 24.5. The molecule has 1 aromatic carbocycles. The molecule has 8 heteroatoms. The van der Waals surface area contributed by atoms with Crippen molar-refractivity contribution in [2.45, 2.75) is 71.7 Å². The number of alkyl halides is 3.